The van der Waals surface area contributed by atoms with Gasteiger partial charge in [0.2, 0.25) is 5.95 Å². The molecule has 3 heterocycles. The Balaban J connectivity index is 1.42. The lowest BCUT2D eigenvalue weighted by Crippen LogP contribution is -2.55. The van der Waals surface area contributed by atoms with Crippen LogP contribution in [0.5, 0.6) is 5.75 Å². The second-order valence-electron chi connectivity index (χ2n) is 11.4. The predicted molar refractivity (Wildman–Crippen MR) is 160 cm³/mol. The van der Waals surface area contributed by atoms with Crippen molar-refractivity contribution in [3.05, 3.63) is 58.7 Å². The number of benzene rings is 2. The molecule has 2 aromatic carbocycles. The first kappa shape index (κ1) is 27.3. The molecule has 1 aliphatic carbocycles. The van der Waals surface area contributed by atoms with Gasteiger partial charge in [-0.25, -0.2) is 9.78 Å². The van der Waals surface area contributed by atoms with Gasteiger partial charge in [0.15, 0.2) is 11.4 Å². The summed E-state index contributed by atoms with van der Waals surface area (Å²) in [4.78, 5) is 41.5. The highest BCUT2D eigenvalue weighted by molar-refractivity contribution is 6.10. The number of H-pyrrole nitrogens is 1. The molecule has 0 spiro atoms. The van der Waals surface area contributed by atoms with E-state index in [1.54, 1.807) is 47.5 Å². The van der Waals surface area contributed by atoms with E-state index in [1.165, 1.54) is 0 Å². The van der Waals surface area contributed by atoms with Crippen LogP contribution in [0.15, 0.2) is 51.8 Å². The highest BCUT2D eigenvalue weighted by Gasteiger charge is 2.42. The Morgan fingerprint density at radius 1 is 1.12 bits per heavy atom. The molecule has 2 N–H and O–H groups in total. The first-order chi connectivity index (χ1) is 20.2. The van der Waals surface area contributed by atoms with E-state index in [1.807, 2.05) is 20.8 Å². The van der Waals surface area contributed by atoms with E-state index in [0.717, 1.165) is 25.7 Å². The quantitative estimate of drug-likeness (QED) is 0.297. The lowest BCUT2D eigenvalue weighted by atomic mass is 9.85. The van der Waals surface area contributed by atoms with E-state index in [0.29, 0.717) is 57.2 Å². The van der Waals surface area contributed by atoms with E-state index in [4.69, 9.17) is 14.1 Å². The van der Waals surface area contributed by atoms with E-state index < -0.39 is 11.8 Å². The van der Waals surface area contributed by atoms with Crippen molar-refractivity contribution >= 4 is 45.8 Å². The summed E-state index contributed by atoms with van der Waals surface area (Å²) in [6.07, 6.45) is 5.65. The van der Waals surface area contributed by atoms with Crippen LogP contribution in [0, 0.1) is 17.2 Å². The van der Waals surface area contributed by atoms with Crippen molar-refractivity contribution in [1.29, 1.82) is 5.26 Å². The minimum absolute atomic E-state index is 0.0969. The number of aromatic amines is 1. The molecule has 2 aliphatic rings. The number of ether oxygens (including phenoxy) is 1. The zero-order valence-corrected chi connectivity index (χ0v) is 24.0. The highest BCUT2D eigenvalue weighted by atomic mass is 16.5. The Morgan fingerprint density at radius 2 is 1.90 bits per heavy atom. The van der Waals surface area contributed by atoms with Crippen molar-refractivity contribution in [1.82, 2.24) is 15.0 Å². The molecule has 1 saturated carbocycles. The van der Waals surface area contributed by atoms with Crippen LogP contribution in [0.1, 0.15) is 58.9 Å². The predicted octanol–water partition coefficient (Wildman–Crippen LogP) is 5.77. The second-order valence-corrected chi connectivity index (χ2v) is 11.4. The number of hydrogen-bond donors (Lipinski definition) is 2. The fourth-order valence-electron chi connectivity index (χ4n) is 5.91. The maximum absolute atomic E-state index is 14.0. The number of hydrogen-bond acceptors (Lipinski definition) is 9. The van der Waals surface area contributed by atoms with Crippen molar-refractivity contribution in [2.45, 2.75) is 71.6 Å². The van der Waals surface area contributed by atoms with Gasteiger partial charge in [0.05, 0.1) is 29.1 Å². The molecule has 11 heteroatoms. The highest BCUT2D eigenvalue weighted by Crippen LogP contribution is 2.43. The minimum atomic E-state index is -0.522. The van der Waals surface area contributed by atoms with Crippen LogP contribution >= 0.6 is 0 Å². The molecule has 0 radical (unpaired) electrons. The number of carbonyl (C=O) groups is 1. The molecule has 1 fully saturated rings. The van der Waals surface area contributed by atoms with Crippen LogP contribution < -0.4 is 25.6 Å². The molecular weight excluding hydrogens is 534 g/mol. The van der Waals surface area contributed by atoms with Gasteiger partial charge in [-0.2, -0.15) is 10.2 Å². The molecular formula is C31H33N7O4. The summed E-state index contributed by atoms with van der Waals surface area (Å²) in [5, 5.41) is 13.1. The van der Waals surface area contributed by atoms with Crippen molar-refractivity contribution in [3.8, 4) is 11.8 Å². The number of nitrogens with one attached hydrogen (secondary N) is 2. The van der Waals surface area contributed by atoms with Gasteiger partial charge in [0, 0.05) is 17.8 Å². The minimum Gasteiger partial charge on any atom is -0.490 e. The van der Waals surface area contributed by atoms with Gasteiger partial charge in [-0.05, 0) is 82.7 Å². The molecule has 11 nitrogen and oxygen atoms in total. The molecule has 216 valence electrons. The third kappa shape index (κ3) is 5.04. The lowest BCUT2D eigenvalue weighted by Gasteiger charge is -2.46. The molecule has 1 amide bonds. The number of rotatable bonds is 6. The fourth-order valence-corrected chi connectivity index (χ4v) is 5.91. The number of nitriles is 1. The summed E-state index contributed by atoms with van der Waals surface area (Å²) in [5.41, 5.74) is 3.12. The number of fused-ring (bicyclic) bond motifs is 2. The number of oxazole rings is 1. The van der Waals surface area contributed by atoms with Crippen molar-refractivity contribution in [3.63, 3.8) is 0 Å². The fraction of sp³-hybridized carbons (Fsp3) is 0.387. The third-order valence-corrected chi connectivity index (χ3v) is 7.99. The first-order valence-electron chi connectivity index (χ1n) is 14.3. The molecule has 2 aromatic heterocycles. The van der Waals surface area contributed by atoms with Crippen LogP contribution in [0.25, 0.3) is 11.1 Å². The van der Waals surface area contributed by atoms with E-state index in [2.05, 4.69) is 33.2 Å². The monoisotopic (exact) mass is 567 g/mol. The van der Waals surface area contributed by atoms with Crippen LogP contribution in [0.4, 0.5) is 28.8 Å². The molecule has 1 aliphatic heterocycles. The Bertz CT molecular complexity index is 1750. The smallest absolute Gasteiger partial charge is 0.417 e. The van der Waals surface area contributed by atoms with Gasteiger partial charge in [-0.1, -0.05) is 6.92 Å². The standard InChI is InChI=1S/C31H33N7O4/c1-17(2)41-26-12-10-23(13-20(26)15-32)38-25-16-33-30(34-21-7-11-24-27(14-21)42-31(40)35-24)36-28(25)37(19(4)29(38)39)22-8-5-18(3)6-9-22/h7,10-14,16-19,22H,5-6,8-9H2,1-4H3,(H,35,40)(H,33,34,36)/t18?,19-,22?/m1/s1. The molecule has 4 aromatic rings. The Hall–Kier alpha value is -4.85. The van der Waals surface area contributed by atoms with Gasteiger partial charge >= 0.3 is 5.76 Å². The lowest BCUT2D eigenvalue weighted by molar-refractivity contribution is -0.119. The second kappa shape index (κ2) is 10.9. The van der Waals surface area contributed by atoms with Crippen LogP contribution in [0.2, 0.25) is 0 Å². The molecule has 0 unspecified atom stereocenters. The van der Waals surface area contributed by atoms with Crippen LogP contribution in [0.3, 0.4) is 0 Å². The van der Waals surface area contributed by atoms with Crippen LogP contribution in [-0.4, -0.2) is 39.0 Å². The summed E-state index contributed by atoms with van der Waals surface area (Å²) in [7, 11) is 0. The first-order valence-corrected chi connectivity index (χ1v) is 14.3. The van der Waals surface area contributed by atoms with Crippen molar-refractivity contribution in [2.24, 2.45) is 5.92 Å². The average Bonchev–Trinajstić information content (AvgIpc) is 3.34. The Kier molecular flexibility index (Phi) is 7.06. The zero-order valence-electron chi connectivity index (χ0n) is 24.0. The Morgan fingerprint density at radius 3 is 2.64 bits per heavy atom. The summed E-state index contributed by atoms with van der Waals surface area (Å²) < 4.78 is 11.0. The van der Waals surface area contributed by atoms with Crippen molar-refractivity contribution in [2.75, 3.05) is 15.1 Å². The number of carbonyl (C=O) groups excluding carboxylic acids is 1. The van der Waals surface area contributed by atoms with E-state index in [9.17, 15) is 14.9 Å². The largest absolute Gasteiger partial charge is 0.490 e. The normalized spacial score (nSPS) is 20.5. The Labute approximate surface area is 243 Å². The van der Waals surface area contributed by atoms with Gasteiger partial charge in [-0.15, -0.1) is 0 Å². The topological polar surface area (TPSA) is 140 Å². The molecule has 1 atom stereocenters. The molecule has 0 saturated heterocycles. The molecule has 42 heavy (non-hydrogen) atoms. The number of aromatic nitrogens is 3. The summed E-state index contributed by atoms with van der Waals surface area (Å²) in [6.45, 7) is 7.98. The number of anilines is 5. The number of nitrogens with zero attached hydrogens (tertiary/aromatic N) is 5. The van der Waals surface area contributed by atoms with Crippen LogP contribution in [-0.2, 0) is 4.79 Å². The third-order valence-electron chi connectivity index (χ3n) is 7.99. The molecule has 6 rings (SSSR count). The van der Waals surface area contributed by atoms with Gasteiger partial charge in [0.25, 0.3) is 5.91 Å². The maximum atomic E-state index is 14.0. The maximum Gasteiger partial charge on any atom is 0.417 e. The average molecular weight is 568 g/mol. The summed E-state index contributed by atoms with van der Waals surface area (Å²) in [5.74, 6) is 1.48. The van der Waals surface area contributed by atoms with Crippen molar-refractivity contribution < 1.29 is 13.9 Å². The number of amides is 1. The molecule has 0 bridgehead atoms. The van der Waals surface area contributed by atoms with Gasteiger partial charge < -0.3 is 19.4 Å². The van der Waals surface area contributed by atoms with E-state index in [-0.39, 0.29) is 18.1 Å². The summed E-state index contributed by atoms with van der Waals surface area (Å²) in [6, 6.07) is 12.3. The zero-order chi connectivity index (χ0) is 29.5. The van der Waals surface area contributed by atoms with Gasteiger partial charge in [0.1, 0.15) is 23.5 Å². The van der Waals surface area contributed by atoms with E-state index >= 15 is 0 Å². The summed E-state index contributed by atoms with van der Waals surface area (Å²) >= 11 is 0. The SMILES string of the molecule is CC1CCC(N2c3nc(Nc4ccc5[nH]c(=O)oc5c4)ncc3N(c3ccc(OC(C)C)c(C#N)c3)C(=O)[C@H]2C)CC1. The van der Waals surface area contributed by atoms with Gasteiger partial charge in [-0.3, -0.25) is 14.7 Å².